The fraction of sp³-hybridized carbons (Fsp3) is 0.219. The van der Waals surface area contributed by atoms with Gasteiger partial charge in [-0.05, 0) is 29.3 Å². The highest BCUT2D eigenvalue weighted by Crippen LogP contribution is 2.49. The number of aromatic amines is 2. The van der Waals surface area contributed by atoms with E-state index in [0.717, 1.165) is 54.3 Å². The van der Waals surface area contributed by atoms with Crippen LogP contribution in [0.5, 0.6) is 5.75 Å². The standard InChI is InChI=1S/C32H27BrN6O3/c1-16-19-9-10-24(42-14-17-5-3-2-4-6-17)28-25(19)22(13-35-28)26-29(32(16)15-36-31(41)39-32)37-27(30(40)38-26)21-12-34-23-11-18(33)7-8-20(21)23/h2-13,16,26,29,34-35H,14-15H2,1H3,(H,38,40)(H2,36,39,41)/t16-,26?,29?,32-/m0/s1. The number of hydrogen-bond donors (Lipinski definition) is 5. The third kappa shape index (κ3) is 3.64. The van der Waals surface area contributed by atoms with Crippen LogP contribution in [0.4, 0.5) is 4.79 Å². The summed E-state index contributed by atoms with van der Waals surface area (Å²) >= 11 is 3.52. The molecule has 0 radical (unpaired) electrons. The number of urea groups is 1. The largest absolute Gasteiger partial charge is 0.487 e. The van der Waals surface area contributed by atoms with Crippen molar-refractivity contribution in [1.82, 2.24) is 25.9 Å². The normalized spacial score (nSPS) is 24.6. The number of carbonyl (C=O) groups excluding carboxylic acids is 2. The Morgan fingerprint density at radius 2 is 1.88 bits per heavy atom. The topological polar surface area (TPSA) is 123 Å². The van der Waals surface area contributed by atoms with E-state index >= 15 is 0 Å². The number of aliphatic imine (C=N–C) groups is 1. The molecule has 10 heteroatoms. The van der Waals surface area contributed by atoms with Gasteiger partial charge in [-0.1, -0.05) is 65.3 Å². The fourth-order valence-corrected chi connectivity index (χ4v) is 7.31. The number of amides is 3. The van der Waals surface area contributed by atoms with Gasteiger partial charge >= 0.3 is 6.03 Å². The van der Waals surface area contributed by atoms with Gasteiger partial charge in [-0.25, -0.2) is 4.79 Å². The second kappa shape index (κ2) is 9.22. The van der Waals surface area contributed by atoms with E-state index in [4.69, 9.17) is 9.73 Å². The molecule has 5 N–H and O–H groups in total. The van der Waals surface area contributed by atoms with Crippen LogP contribution in [0.15, 0.2) is 82.5 Å². The van der Waals surface area contributed by atoms with Gasteiger partial charge in [-0.15, -0.1) is 0 Å². The van der Waals surface area contributed by atoms with Gasteiger partial charge in [-0.2, -0.15) is 0 Å². The minimum atomic E-state index is -0.777. The molecule has 2 unspecified atom stereocenters. The van der Waals surface area contributed by atoms with Crippen LogP contribution >= 0.6 is 15.9 Å². The Bertz CT molecular complexity index is 1950. The van der Waals surface area contributed by atoms with E-state index in [1.165, 1.54) is 0 Å². The second-order valence-electron chi connectivity index (χ2n) is 11.3. The summed E-state index contributed by atoms with van der Waals surface area (Å²) in [5, 5.41) is 11.4. The summed E-state index contributed by atoms with van der Waals surface area (Å²) in [5.41, 5.74) is 5.14. The number of carbonyl (C=O) groups is 2. The Morgan fingerprint density at radius 3 is 2.69 bits per heavy atom. The molecule has 1 fully saturated rings. The first-order chi connectivity index (χ1) is 20.4. The molecule has 3 aliphatic rings. The Labute approximate surface area is 249 Å². The first-order valence-corrected chi connectivity index (χ1v) is 14.7. The zero-order valence-corrected chi connectivity index (χ0v) is 24.2. The first-order valence-electron chi connectivity index (χ1n) is 14.0. The lowest BCUT2D eigenvalue weighted by Gasteiger charge is -2.43. The number of ether oxygens (including phenoxy) is 1. The number of aromatic nitrogens is 2. The van der Waals surface area contributed by atoms with Crippen molar-refractivity contribution in [2.45, 2.75) is 37.1 Å². The molecule has 8 rings (SSSR count). The maximum absolute atomic E-state index is 13.8. The highest BCUT2D eigenvalue weighted by atomic mass is 79.9. The van der Waals surface area contributed by atoms with Gasteiger partial charge in [0.05, 0.1) is 17.1 Å². The summed E-state index contributed by atoms with van der Waals surface area (Å²) in [6.07, 6.45) is 3.77. The highest BCUT2D eigenvalue weighted by Gasteiger charge is 2.56. The minimum absolute atomic E-state index is 0.134. The van der Waals surface area contributed by atoms with E-state index in [1.807, 2.05) is 67.0 Å². The van der Waals surface area contributed by atoms with Crippen molar-refractivity contribution < 1.29 is 14.3 Å². The van der Waals surface area contributed by atoms with Crippen LogP contribution in [-0.2, 0) is 11.4 Å². The van der Waals surface area contributed by atoms with Crippen LogP contribution in [0.3, 0.4) is 0 Å². The summed E-state index contributed by atoms with van der Waals surface area (Å²) < 4.78 is 7.23. The van der Waals surface area contributed by atoms with Crippen LogP contribution in [0.1, 0.15) is 41.1 Å². The van der Waals surface area contributed by atoms with Crippen molar-refractivity contribution in [2.24, 2.45) is 4.99 Å². The van der Waals surface area contributed by atoms with Crippen LogP contribution < -0.4 is 20.7 Å². The Morgan fingerprint density at radius 1 is 1.02 bits per heavy atom. The van der Waals surface area contributed by atoms with Crippen molar-refractivity contribution in [3.8, 4) is 5.75 Å². The molecule has 3 aromatic carbocycles. The molecule has 0 bridgehead atoms. The Kier molecular flexibility index (Phi) is 5.52. The number of nitrogens with one attached hydrogen (secondary N) is 5. The van der Waals surface area contributed by atoms with Gasteiger partial charge in [-0.3, -0.25) is 9.79 Å². The third-order valence-electron chi connectivity index (χ3n) is 9.07. The molecule has 210 valence electrons. The number of halogens is 1. The van der Waals surface area contributed by atoms with Gasteiger partial charge in [0, 0.05) is 56.7 Å². The van der Waals surface area contributed by atoms with Gasteiger partial charge in [0.25, 0.3) is 5.91 Å². The molecule has 4 atom stereocenters. The second-order valence-corrected chi connectivity index (χ2v) is 12.2. The number of benzene rings is 3. The average molecular weight is 624 g/mol. The lowest BCUT2D eigenvalue weighted by molar-refractivity contribution is -0.116. The molecule has 1 spiro atoms. The maximum atomic E-state index is 13.8. The number of rotatable bonds is 4. The molecular weight excluding hydrogens is 596 g/mol. The zero-order valence-electron chi connectivity index (χ0n) is 22.6. The van der Waals surface area contributed by atoms with Gasteiger partial charge in [0.2, 0.25) is 0 Å². The van der Waals surface area contributed by atoms with Crippen LogP contribution in [-0.4, -0.2) is 45.7 Å². The summed E-state index contributed by atoms with van der Waals surface area (Å²) in [6.45, 7) is 2.94. The molecule has 4 heterocycles. The van der Waals surface area contributed by atoms with E-state index in [9.17, 15) is 9.59 Å². The van der Waals surface area contributed by atoms with Crippen LogP contribution in [0.2, 0.25) is 0 Å². The van der Waals surface area contributed by atoms with Crippen molar-refractivity contribution in [3.05, 3.63) is 99.8 Å². The SMILES string of the molecule is C[C@H]1c2ccc(OCc3ccccc3)c3[nH]cc(c23)C2NC(=O)C(c3c[nH]c4cc(Br)ccc34)=NC2[C@]12CNC(=O)N2. The zero-order chi connectivity index (χ0) is 28.6. The number of fused-ring (bicyclic) bond motifs is 4. The lowest BCUT2D eigenvalue weighted by Crippen LogP contribution is -2.62. The van der Waals surface area contributed by atoms with Crippen LogP contribution in [0, 0.1) is 0 Å². The average Bonchev–Trinajstić information content (AvgIpc) is 3.72. The Hall–Kier alpha value is -4.57. The molecule has 1 aliphatic carbocycles. The van der Waals surface area contributed by atoms with E-state index in [2.05, 4.69) is 54.8 Å². The molecular formula is C32H27BrN6O3. The molecule has 9 nitrogen and oxygen atoms in total. The lowest BCUT2D eigenvalue weighted by atomic mass is 9.74. The van der Waals surface area contributed by atoms with Crippen molar-refractivity contribution >= 4 is 55.4 Å². The summed E-state index contributed by atoms with van der Waals surface area (Å²) in [4.78, 5) is 38.5. The molecule has 2 aliphatic heterocycles. The predicted molar refractivity (Wildman–Crippen MR) is 164 cm³/mol. The smallest absolute Gasteiger partial charge is 0.315 e. The number of H-pyrrole nitrogens is 2. The van der Waals surface area contributed by atoms with E-state index < -0.39 is 17.6 Å². The molecule has 42 heavy (non-hydrogen) atoms. The molecule has 2 aromatic heterocycles. The van der Waals surface area contributed by atoms with E-state index in [0.29, 0.717) is 18.9 Å². The van der Waals surface area contributed by atoms with Gasteiger partial charge < -0.3 is 30.7 Å². The van der Waals surface area contributed by atoms with E-state index in [-0.39, 0.29) is 17.9 Å². The van der Waals surface area contributed by atoms with Crippen molar-refractivity contribution in [2.75, 3.05) is 6.54 Å². The maximum Gasteiger partial charge on any atom is 0.315 e. The Balaban J connectivity index is 1.28. The molecule has 0 saturated carbocycles. The first kappa shape index (κ1) is 25.2. The molecule has 1 saturated heterocycles. The van der Waals surface area contributed by atoms with Crippen molar-refractivity contribution in [1.29, 1.82) is 0 Å². The van der Waals surface area contributed by atoms with Gasteiger partial charge in [0.1, 0.15) is 24.1 Å². The monoisotopic (exact) mass is 622 g/mol. The predicted octanol–water partition coefficient (Wildman–Crippen LogP) is 5.19. The van der Waals surface area contributed by atoms with Crippen molar-refractivity contribution in [3.63, 3.8) is 0 Å². The van der Waals surface area contributed by atoms with Crippen LogP contribution in [0.25, 0.3) is 21.8 Å². The molecule has 5 aromatic rings. The number of nitrogens with zero attached hydrogens (tertiary/aromatic N) is 1. The van der Waals surface area contributed by atoms with E-state index in [1.54, 1.807) is 0 Å². The summed E-state index contributed by atoms with van der Waals surface area (Å²) in [7, 11) is 0. The molecule has 3 amide bonds. The van der Waals surface area contributed by atoms with Gasteiger partial charge in [0.15, 0.2) is 0 Å². The quantitative estimate of drug-likeness (QED) is 0.189. The number of hydrogen-bond acceptors (Lipinski definition) is 4. The summed E-state index contributed by atoms with van der Waals surface area (Å²) in [6, 6.07) is 18.8. The fourth-order valence-electron chi connectivity index (χ4n) is 6.94. The summed E-state index contributed by atoms with van der Waals surface area (Å²) in [5.74, 6) is 0.341. The minimum Gasteiger partial charge on any atom is -0.487 e. The highest BCUT2D eigenvalue weighted by molar-refractivity contribution is 9.10. The third-order valence-corrected chi connectivity index (χ3v) is 9.56.